The van der Waals surface area contributed by atoms with E-state index in [-0.39, 0.29) is 12.0 Å². The lowest BCUT2D eigenvalue weighted by Crippen LogP contribution is -2.25. The van der Waals surface area contributed by atoms with Gasteiger partial charge in [-0.3, -0.25) is 4.79 Å². The number of aromatic nitrogens is 2. The van der Waals surface area contributed by atoms with Gasteiger partial charge in [0.05, 0.1) is 12.0 Å². The molecule has 0 atom stereocenters. The molecule has 1 aliphatic rings. The molecule has 0 aliphatic heterocycles. The molecule has 16 heavy (non-hydrogen) atoms. The quantitative estimate of drug-likeness (QED) is 0.831. The van der Waals surface area contributed by atoms with Gasteiger partial charge in [-0.1, -0.05) is 5.16 Å². The molecule has 1 aliphatic carbocycles. The Bertz CT molecular complexity index is 331. The van der Waals surface area contributed by atoms with E-state index < -0.39 is 5.97 Å². The number of hydrogen-bond donors (Lipinski definition) is 1. The van der Waals surface area contributed by atoms with Crippen molar-refractivity contribution in [3.8, 4) is 0 Å². The Morgan fingerprint density at radius 3 is 2.81 bits per heavy atom. The minimum atomic E-state index is -0.699. The molecule has 88 valence electrons. The molecule has 0 amide bonds. The third-order valence-electron chi connectivity index (χ3n) is 2.87. The fourth-order valence-corrected chi connectivity index (χ4v) is 1.93. The normalized spacial score (nSPS) is 25.5. The minimum Gasteiger partial charge on any atom is -0.481 e. The standard InChI is InChI=1S/C10H14N2O4/c13-10(14)7-1-3-8(4-2-7)15-5-9-11-6-12-16-9/h6-8H,1-5H2,(H,13,14). The number of rotatable bonds is 4. The zero-order chi connectivity index (χ0) is 11.4. The van der Waals surface area contributed by atoms with Gasteiger partial charge in [0.15, 0.2) is 6.33 Å². The van der Waals surface area contributed by atoms with Crippen LogP contribution in [0.1, 0.15) is 31.6 Å². The number of nitrogens with zero attached hydrogens (tertiary/aromatic N) is 2. The lowest BCUT2D eigenvalue weighted by atomic mass is 9.87. The van der Waals surface area contributed by atoms with Crippen LogP contribution in [0.25, 0.3) is 0 Å². The summed E-state index contributed by atoms with van der Waals surface area (Å²) in [6, 6.07) is 0. The smallest absolute Gasteiger partial charge is 0.306 e. The van der Waals surface area contributed by atoms with Gasteiger partial charge in [-0.25, -0.2) is 0 Å². The Morgan fingerprint density at radius 2 is 2.25 bits per heavy atom. The SMILES string of the molecule is O=C(O)C1CCC(OCc2ncno2)CC1. The summed E-state index contributed by atoms with van der Waals surface area (Å²) in [6.45, 7) is 0.308. The van der Waals surface area contributed by atoms with Crippen molar-refractivity contribution in [3.05, 3.63) is 12.2 Å². The molecule has 1 aromatic rings. The molecule has 0 unspecified atom stereocenters. The Kier molecular flexibility index (Phi) is 3.51. The van der Waals surface area contributed by atoms with Crippen molar-refractivity contribution in [1.29, 1.82) is 0 Å². The lowest BCUT2D eigenvalue weighted by Gasteiger charge is -2.25. The van der Waals surface area contributed by atoms with Gasteiger partial charge in [0.1, 0.15) is 6.61 Å². The summed E-state index contributed by atoms with van der Waals surface area (Å²) in [7, 11) is 0. The first-order valence-electron chi connectivity index (χ1n) is 5.35. The summed E-state index contributed by atoms with van der Waals surface area (Å²) < 4.78 is 10.4. The van der Waals surface area contributed by atoms with E-state index in [9.17, 15) is 4.79 Å². The van der Waals surface area contributed by atoms with Crippen LogP contribution in [-0.2, 0) is 16.1 Å². The Balaban J connectivity index is 1.71. The second kappa shape index (κ2) is 5.07. The summed E-state index contributed by atoms with van der Waals surface area (Å²) in [5.74, 6) is -0.445. The number of ether oxygens (including phenoxy) is 1. The summed E-state index contributed by atoms with van der Waals surface area (Å²) in [5.41, 5.74) is 0. The van der Waals surface area contributed by atoms with E-state index in [0.29, 0.717) is 25.3 Å². The number of hydrogen-bond acceptors (Lipinski definition) is 5. The van der Waals surface area contributed by atoms with Gasteiger partial charge in [0, 0.05) is 0 Å². The van der Waals surface area contributed by atoms with Gasteiger partial charge in [-0.05, 0) is 25.7 Å². The minimum absolute atomic E-state index is 0.113. The van der Waals surface area contributed by atoms with Crippen LogP contribution in [0.5, 0.6) is 0 Å². The van der Waals surface area contributed by atoms with Crippen LogP contribution in [0.3, 0.4) is 0 Å². The highest BCUT2D eigenvalue weighted by Crippen LogP contribution is 2.26. The largest absolute Gasteiger partial charge is 0.481 e. The second-order valence-corrected chi connectivity index (χ2v) is 3.96. The average molecular weight is 226 g/mol. The molecule has 0 spiro atoms. The van der Waals surface area contributed by atoms with Crippen molar-refractivity contribution in [2.45, 2.75) is 38.4 Å². The first-order valence-corrected chi connectivity index (χ1v) is 5.35. The van der Waals surface area contributed by atoms with Crippen LogP contribution in [0.2, 0.25) is 0 Å². The number of carboxylic acid groups (broad SMARTS) is 1. The maximum Gasteiger partial charge on any atom is 0.306 e. The van der Waals surface area contributed by atoms with Gasteiger partial charge < -0.3 is 14.4 Å². The molecule has 1 heterocycles. The maximum atomic E-state index is 10.7. The number of carboxylic acids is 1. The van der Waals surface area contributed by atoms with Crippen LogP contribution in [0.4, 0.5) is 0 Å². The molecular weight excluding hydrogens is 212 g/mol. The van der Waals surface area contributed by atoms with Crippen molar-refractivity contribution in [2.75, 3.05) is 0 Å². The molecule has 0 aromatic carbocycles. The van der Waals surface area contributed by atoms with E-state index in [1.807, 2.05) is 0 Å². The van der Waals surface area contributed by atoms with Crippen molar-refractivity contribution in [3.63, 3.8) is 0 Å². The zero-order valence-electron chi connectivity index (χ0n) is 8.83. The number of aliphatic carboxylic acids is 1. The van der Waals surface area contributed by atoms with Gasteiger partial charge in [0.25, 0.3) is 5.89 Å². The molecule has 0 saturated heterocycles. The summed E-state index contributed by atoms with van der Waals surface area (Å²) in [5, 5.41) is 12.3. The number of carbonyl (C=O) groups is 1. The third kappa shape index (κ3) is 2.79. The van der Waals surface area contributed by atoms with E-state index in [1.165, 1.54) is 6.33 Å². The first kappa shape index (κ1) is 11.1. The molecule has 1 saturated carbocycles. The topological polar surface area (TPSA) is 85.5 Å². The van der Waals surface area contributed by atoms with E-state index in [4.69, 9.17) is 14.4 Å². The van der Waals surface area contributed by atoms with E-state index in [2.05, 4.69) is 10.1 Å². The molecule has 1 aromatic heterocycles. The summed E-state index contributed by atoms with van der Waals surface area (Å²) in [4.78, 5) is 14.6. The van der Waals surface area contributed by atoms with Crippen molar-refractivity contribution in [1.82, 2.24) is 10.1 Å². The lowest BCUT2D eigenvalue weighted by molar-refractivity contribution is -0.144. The van der Waals surface area contributed by atoms with Gasteiger partial charge >= 0.3 is 5.97 Å². The molecule has 0 radical (unpaired) electrons. The zero-order valence-corrected chi connectivity index (χ0v) is 8.83. The van der Waals surface area contributed by atoms with Crippen LogP contribution in [0.15, 0.2) is 10.9 Å². The molecule has 1 fully saturated rings. The van der Waals surface area contributed by atoms with Crippen LogP contribution in [0, 0.1) is 5.92 Å². The average Bonchev–Trinajstić information content (AvgIpc) is 2.80. The molecule has 2 rings (SSSR count). The van der Waals surface area contributed by atoms with Gasteiger partial charge in [-0.2, -0.15) is 4.98 Å². The molecule has 6 nitrogen and oxygen atoms in total. The third-order valence-corrected chi connectivity index (χ3v) is 2.87. The van der Waals surface area contributed by atoms with E-state index in [0.717, 1.165) is 12.8 Å². The summed E-state index contributed by atoms with van der Waals surface area (Å²) in [6.07, 6.45) is 4.38. The predicted molar refractivity (Wildman–Crippen MR) is 52.5 cm³/mol. The highest BCUT2D eigenvalue weighted by atomic mass is 16.5. The second-order valence-electron chi connectivity index (χ2n) is 3.96. The molecular formula is C10H14N2O4. The monoisotopic (exact) mass is 226 g/mol. The first-order chi connectivity index (χ1) is 7.75. The van der Waals surface area contributed by atoms with Crippen molar-refractivity contribution < 1.29 is 19.2 Å². The molecule has 1 N–H and O–H groups in total. The maximum absolute atomic E-state index is 10.7. The highest BCUT2D eigenvalue weighted by Gasteiger charge is 2.26. The highest BCUT2D eigenvalue weighted by molar-refractivity contribution is 5.69. The van der Waals surface area contributed by atoms with Gasteiger partial charge in [-0.15, -0.1) is 0 Å². The van der Waals surface area contributed by atoms with Crippen LogP contribution >= 0.6 is 0 Å². The summed E-state index contributed by atoms with van der Waals surface area (Å²) >= 11 is 0. The Morgan fingerprint density at radius 1 is 1.50 bits per heavy atom. The fraction of sp³-hybridized carbons (Fsp3) is 0.700. The van der Waals surface area contributed by atoms with E-state index >= 15 is 0 Å². The fourth-order valence-electron chi connectivity index (χ4n) is 1.93. The van der Waals surface area contributed by atoms with Crippen LogP contribution < -0.4 is 0 Å². The predicted octanol–water partition coefficient (Wildman–Crippen LogP) is 1.23. The van der Waals surface area contributed by atoms with Crippen LogP contribution in [-0.4, -0.2) is 27.3 Å². The van der Waals surface area contributed by atoms with Crippen molar-refractivity contribution >= 4 is 5.97 Å². The Labute approximate surface area is 92.6 Å². The molecule has 6 heteroatoms. The Hall–Kier alpha value is -1.43. The molecule has 0 bridgehead atoms. The van der Waals surface area contributed by atoms with Gasteiger partial charge in [0.2, 0.25) is 0 Å². The van der Waals surface area contributed by atoms with E-state index in [1.54, 1.807) is 0 Å². The van der Waals surface area contributed by atoms with Crippen molar-refractivity contribution in [2.24, 2.45) is 5.92 Å².